The molecule has 29 heavy (non-hydrogen) atoms. The Kier molecular flexibility index (Phi) is 9.01. The van der Waals surface area contributed by atoms with Crippen LogP contribution in [-0.2, 0) is 11.2 Å². The highest BCUT2D eigenvalue weighted by Crippen LogP contribution is 2.41. The highest BCUT2D eigenvalue weighted by Gasteiger charge is 2.41. The minimum Gasteiger partial charge on any atom is -0.444 e. The summed E-state index contributed by atoms with van der Waals surface area (Å²) < 4.78 is 5.39. The number of hydrogen-bond acceptors (Lipinski definition) is 3. The smallest absolute Gasteiger partial charge is 0.408 e. The molecule has 0 aliphatic heterocycles. The van der Waals surface area contributed by atoms with E-state index in [-0.39, 0.29) is 6.61 Å². The van der Waals surface area contributed by atoms with Gasteiger partial charge < -0.3 is 15.2 Å². The van der Waals surface area contributed by atoms with Crippen LogP contribution < -0.4 is 5.32 Å². The van der Waals surface area contributed by atoms with E-state index in [4.69, 9.17) is 4.74 Å². The van der Waals surface area contributed by atoms with Crippen molar-refractivity contribution in [1.29, 1.82) is 0 Å². The number of alkyl carbamates (subject to hydrolysis) is 1. The van der Waals surface area contributed by atoms with E-state index in [9.17, 15) is 9.90 Å². The minimum absolute atomic E-state index is 0.0567. The molecule has 1 fully saturated rings. The number of nitrogens with one attached hydrogen (secondary N) is 1. The maximum absolute atomic E-state index is 12.2. The minimum atomic E-state index is -0.579. The molecule has 0 spiro atoms. The lowest BCUT2D eigenvalue weighted by Crippen LogP contribution is -2.51. The molecule has 1 aliphatic carbocycles. The number of aliphatic hydroxyl groups excluding tert-OH is 1. The quantitative estimate of drug-likeness (QED) is 0.463. The normalized spacial score (nSPS) is 21.9. The van der Waals surface area contributed by atoms with E-state index in [1.54, 1.807) is 0 Å². The molecule has 1 aliphatic rings. The Morgan fingerprint density at radius 1 is 1.14 bits per heavy atom. The largest absolute Gasteiger partial charge is 0.444 e. The van der Waals surface area contributed by atoms with Crippen LogP contribution in [-0.4, -0.2) is 28.9 Å². The van der Waals surface area contributed by atoms with Crippen LogP contribution in [0.25, 0.3) is 0 Å². The first kappa shape index (κ1) is 23.7. The third kappa shape index (κ3) is 8.00. The molecule has 2 rings (SSSR count). The summed E-state index contributed by atoms with van der Waals surface area (Å²) in [5.74, 6) is 0.361. The second-order valence-electron chi connectivity index (χ2n) is 9.76. The lowest BCUT2D eigenvalue weighted by atomic mass is 9.92. The Labute approximate surface area is 177 Å². The number of carbonyl (C=O) groups is 1. The van der Waals surface area contributed by atoms with Gasteiger partial charge in [-0.05, 0) is 69.9 Å². The molecule has 4 heteroatoms. The molecule has 1 saturated carbocycles. The molecule has 2 atom stereocenters. The fourth-order valence-corrected chi connectivity index (χ4v) is 4.29. The van der Waals surface area contributed by atoms with Gasteiger partial charge in [0.05, 0.1) is 12.1 Å². The van der Waals surface area contributed by atoms with Gasteiger partial charge in [0.25, 0.3) is 0 Å². The number of benzene rings is 1. The number of ether oxygens (including phenoxy) is 1. The standard InChI is InChI=1S/C25H41NO3/c1-5-6-7-8-9-10-11-20-12-14-21(15-13-20)22-16-17-25(18-22,19-27)26-23(28)29-24(2,3)4/h12-15,22,27H,5-11,16-19H2,1-4H3,(H,26,28)/t22-,25-/m0/s1. The Morgan fingerprint density at radius 3 is 2.41 bits per heavy atom. The molecule has 0 aromatic heterocycles. The summed E-state index contributed by atoms with van der Waals surface area (Å²) in [7, 11) is 0. The van der Waals surface area contributed by atoms with Crippen LogP contribution in [0.5, 0.6) is 0 Å². The summed E-state index contributed by atoms with van der Waals surface area (Å²) in [4.78, 5) is 12.2. The zero-order valence-corrected chi connectivity index (χ0v) is 18.9. The predicted octanol–water partition coefficient (Wildman–Crippen LogP) is 6.11. The van der Waals surface area contributed by atoms with Crippen LogP contribution in [0.15, 0.2) is 24.3 Å². The van der Waals surface area contributed by atoms with Gasteiger partial charge in [0, 0.05) is 0 Å². The van der Waals surface area contributed by atoms with E-state index in [2.05, 4.69) is 36.5 Å². The molecule has 0 heterocycles. The highest BCUT2D eigenvalue weighted by molar-refractivity contribution is 5.69. The molecule has 1 aromatic carbocycles. The van der Waals surface area contributed by atoms with Gasteiger partial charge in [-0.2, -0.15) is 0 Å². The lowest BCUT2D eigenvalue weighted by molar-refractivity contribution is 0.0401. The summed E-state index contributed by atoms with van der Waals surface area (Å²) in [5, 5.41) is 12.9. The Balaban J connectivity index is 1.84. The van der Waals surface area contributed by atoms with Gasteiger partial charge in [0.15, 0.2) is 0 Å². The summed E-state index contributed by atoms with van der Waals surface area (Å²) in [6.07, 6.45) is 11.1. The lowest BCUT2D eigenvalue weighted by Gasteiger charge is -2.30. The second kappa shape index (κ2) is 11.0. The van der Waals surface area contributed by atoms with E-state index in [1.165, 1.54) is 49.7 Å². The summed E-state index contributed by atoms with van der Waals surface area (Å²) >= 11 is 0. The highest BCUT2D eigenvalue weighted by atomic mass is 16.6. The van der Waals surface area contributed by atoms with Crippen molar-refractivity contribution >= 4 is 6.09 Å². The number of aliphatic hydroxyl groups is 1. The SMILES string of the molecule is CCCCCCCCc1ccc([C@H]2CC[C@](CO)(NC(=O)OC(C)(C)C)C2)cc1. The fraction of sp³-hybridized carbons (Fsp3) is 0.720. The van der Waals surface area contributed by atoms with Crippen LogP contribution in [0.2, 0.25) is 0 Å². The second-order valence-corrected chi connectivity index (χ2v) is 9.76. The van der Waals surface area contributed by atoms with Crippen molar-refractivity contribution in [3.63, 3.8) is 0 Å². The summed E-state index contributed by atoms with van der Waals surface area (Å²) in [6, 6.07) is 8.97. The third-order valence-electron chi connectivity index (χ3n) is 5.95. The predicted molar refractivity (Wildman–Crippen MR) is 119 cm³/mol. The van der Waals surface area contributed by atoms with Crippen LogP contribution >= 0.6 is 0 Å². The topological polar surface area (TPSA) is 58.6 Å². The van der Waals surface area contributed by atoms with Gasteiger partial charge in [0.2, 0.25) is 0 Å². The van der Waals surface area contributed by atoms with Gasteiger partial charge in [-0.3, -0.25) is 0 Å². The maximum atomic E-state index is 12.2. The molecule has 0 bridgehead atoms. The third-order valence-corrected chi connectivity index (χ3v) is 5.95. The summed E-state index contributed by atoms with van der Waals surface area (Å²) in [6.45, 7) is 7.75. The van der Waals surface area contributed by atoms with Gasteiger partial charge in [0.1, 0.15) is 5.60 Å². The molecule has 4 nitrogen and oxygen atoms in total. The molecule has 164 valence electrons. The van der Waals surface area contributed by atoms with Crippen molar-refractivity contribution in [3.05, 3.63) is 35.4 Å². The number of rotatable bonds is 10. The first-order valence-electron chi connectivity index (χ1n) is 11.5. The number of aryl methyl sites for hydroxylation is 1. The van der Waals surface area contributed by atoms with Crippen LogP contribution in [0.3, 0.4) is 0 Å². The maximum Gasteiger partial charge on any atom is 0.408 e. The molecule has 0 radical (unpaired) electrons. The van der Waals surface area contributed by atoms with Gasteiger partial charge in [-0.1, -0.05) is 63.3 Å². The zero-order valence-electron chi connectivity index (χ0n) is 18.9. The van der Waals surface area contributed by atoms with E-state index in [1.807, 2.05) is 20.8 Å². The Bertz CT molecular complexity index is 620. The fourth-order valence-electron chi connectivity index (χ4n) is 4.29. The Morgan fingerprint density at radius 2 is 1.79 bits per heavy atom. The molecular weight excluding hydrogens is 362 g/mol. The van der Waals surface area contributed by atoms with Crippen molar-refractivity contribution in [3.8, 4) is 0 Å². The molecule has 1 amide bonds. The first-order valence-corrected chi connectivity index (χ1v) is 11.5. The molecule has 1 aromatic rings. The van der Waals surface area contributed by atoms with E-state index >= 15 is 0 Å². The van der Waals surface area contributed by atoms with Gasteiger partial charge >= 0.3 is 6.09 Å². The zero-order chi connectivity index (χ0) is 21.3. The number of carbonyl (C=O) groups excluding carboxylic acids is 1. The van der Waals surface area contributed by atoms with Crippen LogP contribution in [0, 0.1) is 0 Å². The first-order chi connectivity index (χ1) is 13.8. The molecule has 0 unspecified atom stereocenters. The van der Waals surface area contributed by atoms with Crippen molar-refractivity contribution in [1.82, 2.24) is 5.32 Å². The monoisotopic (exact) mass is 403 g/mol. The Hall–Kier alpha value is -1.55. The van der Waals surface area contributed by atoms with Gasteiger partial charge in [-0.15, -0.1) is 0 Å². The molecule has 0 saturated heterocycles. The number of hydrogen-bond donors (Lipinski definition) is 2. The van der Waals surface area contributed by atoms with Crippen molar-refractivity contribution in [2.24, 2.45) is 0 Å². The van der Waals surface area contributed by atoms with E-state index in [0.717, 1.165) is 25.7 Å². The van der Waals surface area contributed by atoms with Crippen molar-refractivity contribution < 1.29 is 14.6 Å². The average molecular weight is 404 g/mol. The number of amides is 1. The van der Waals surface area contributed by atoms with E-state index in [0.29, 0.717) is 5.92 Å². The van der Waals surface area contributed by atoms with Crippen LogP contribution in [0.4, 0.5) is 4.79 Å². The van der Waals surface area contributed by atoms with Crippen molar-refractivity contribution in [2.75, 3.05) is 6.61 Å². The summed E-state index contributed by atoms with van der Waals surface area (Å²) in [5.41, 5.74) is 1.59. The van der Waals surface area contributed by atoms with Crippen molar-refractivity contribution in [2.45, 2.75) is 109 Å². The molecular formula is C25H41NO3. The molecule has 2 N–H and O–H groups in total. The van der Waals surface area contributed by atoms with Crippen LogP contribution in [0.1, 0.15) is 103 Å². The number of unbranched alkanes of at least 4 members (excludes halogenated alkanes) is 5. The van der Waals surface area contributed by atoms with E-state index < -0.39 is 17.2 Å². The average Bonchev–Trinajstić information content (AvgIpc) is 3.08. The van der Waals surface area contributed by atoms with Gasteiger partial charge in [-0.25, -0.2) is 4.79 Å².